The van der Waals surface area contributed by atoms with Gasteiger partial charge in [-0.05, 0) is 42.3 Å². The van der Waals surface area contributed by atoms with E-state index in [1.807, 2.05) is 36.0 Å². The van der Waals surface area contributed by atoms with E-state index in [9.17, 15) is 9.18 Å². The number of carbonyl (C=O) groups excluding carboxylic acids is 1. The van der Waals surface area contributed by atoms with Gasteiger partial charge in [0.1, 0.15) is 5.82 Å². The highest BCUT2D eigenvalue weighted by molar-refractivity contribution is 7.99. The lowest BCUT2D eigenvalue weighted by Crippen LogP contribution is -2.34. The minimum absolute atomic E-state index is 0.105. The summed E-state index contributed by atoms with van der Waals surface area (Å²) in [7, 11) is 0. The second-order valence-corrected chi connectivity index (χ2v) is 7.61. The lowest BCUT2D eigenvalue weighted by atomic mass is 10.1. The number of carbonyl (C=O) groups is 1. The number of halogens is 2. The number of benzene rings is 2. The molecule has 132 valence electrons. The van der Waals surface area contributed by atoms with Gasteiger partial charge in [0.25, 0.3) is 5.91 Å². The highest BCUT2D eigenvalue weighted by Crippen LogP contribution is 2.19. The summed E-state index contributed by atoms with van der Waals surface area (Å²) in [5.41, 5.74) is 2.20. The summed E-state index contributed by atoms with van der Waals surface area (Å²) in [6.07, 6.45) is 1.00. The van der Waals surface area contributed by atoms with Gasteiger partial charge < -0.3 is 10.2 Å². The molecule has 25 heavy (non-hydrogen) atoms. The molecule has 0 spiro atoms. The van der Waals surface area contributed by atoms with Crippen LogP contribution < -0.4 is 5.32 Å². The van der Waals surface area contributed by atoms with Crippen LogP contribution in [0, 0.1) is 5.82 Å². The van der Waals surface area contributed by atoms with E-state index in [1.54, 1.807) is 0 Å². The van der Waals surface area contributed by atoms with Crippen molar-refractivity contribution in [3.63, 3.8) is 0 Å². The van der Waals surface area contributed by atoms with E-state index < -0.39 is 5.82 Å². The third-order valence-corrected chi connectivity index (χ3v) is 5.46. The van der Waals surface area contributed by atoms with Crippen molar-refractivity contribution < 1.29 is 9.18 Å². The standard InChI is InChI=1S/C19H20ClFN2OS/c20-18-13-15(21)3-6-17(18)19(24)22-16-4-1-14(2-5-16)7-8-23-9-11-25-12-10-23/h1-6,13H,7-12H2,(H,22,24). The highest BCUT2D eigenvalue weighted by atomic mass is 35.5. The van der Waals surface area contributed by atoms with E-state index >= 15 is 0 Å². The molecule has 0 aliphatic carbocycles. The molecule has 6 heteroatoms. The molecule has 0 unspecified atom stereocenters. The first-order valence-electron chi connectivity index (χ1n) is 8.27. The van der Waals surface area contributed by atoms with Crippen molar-refractivity contribution in [3.05, 3.63) is 64.4 Å². The largest absolute Gasteiger partial charge is 0.322 e. The summed E-state index contributed by atoms with van der Waals surface area (Å²) in [6, 6.07) is 11.6. The van der Waals surface area contributed by atoms with Gasteiger partial charge in [0, 0.05) is 36.8 Å². The SMILES string of the molecule is O=C(Nc1ccc(CCN2CCSCC2)cc1)c1ccc(F)cc1Cl. The molecule has 1 fully saturated rings. The number of nitrogens with zero attached hydrogens (tertiary/aromatic N) is 1. The topological polar surface area (TPSA) is 32.3 Å². The maximum absolute atomic E-state index is 13.1. The first-order chi connectivity index (χ1) is 12.1. The van der Waals surface area contributed by atoms with E-state index in [0.717, 1.165) is 32.1 Å². The van der Waals surface area contributed by atoms with Gasteiger partial charge in [-0.3, -0.25) is 4.79 Å². The van der Waals surface area contributed by atoms with Gasteiger partial charge in [-0.15, -0.1) is 0 Å². The van der Waals surface area contributed by atoms with Crippen molar-refractivity contribution in [1.82, 2.24) is 4.90 Å². The van der Waals surface area contributed by atoms with Crippen LogP contribution in [0.15, 0.2) is 42.5 Å². The van der Waals surface area contributed by atoms with E-state index in [4.69, 9.17) is 11.6 Å². The average molecular weight is 379 g/mol. The molecule has 1 aliphatic rings. The Kier molecular flexibility index (Phi) is 6.34. The van der Waals surface area contributed by atoms with Gasteiger partial charge in [0.05, 0.1) is 10.6 Å². The van der Waals surface area contributed by atoms with Crippen LogP contribution >= 0.6 is 23.4 Å². The number of nitrogens with one attached hydrogen (secondary N) is 1. The number of thioether (sulfide) groups is 1. The summed E-state index contributed by atoms with van der Waals surface area (Å²) < 4.78 is 13.1. The van der Waals surface area contributed by atoms with Crippen LogP contribution in [-0.4, -0.2) is 41.9 Å². The zero-order valence-electron chi connectivity index (χ0n) is 13.8. The molecule has 1 amide bonds. The minimum atomic E-state index is -0.460. The fourth-order valence-electron chi connectivity index (χ4n) is 2.74. The second kappa shape index (κ2) is 8.70. The third kappa shape index (κ3) is 5.21. The Morgan fingerprint density at radius 1 is 1.16 bits per heavy atom. The summed E-state index contributed by atoms with van der Waals surface area (Å²) in [5.74, 6) is 1.63. The average Bonchev–Trinajstić information content (AvgIpc) is 2.62. The quantitative estimate of drug-likeness (QED) is 0.840. The molecule has 1 aliphatic heterocycles. The summed E-state index contributed by atoms with van der Waals surface area (Å²) in [5, 5.41) is 2.90. The number of amides is 1. The first kappa shape index (κ1) is 18.2. The zero-order valence-corrected chi connectivity index (χ0v) is 15.4. The van der Waals surface area contributed by atoms with Crippen LogP contribution in [-0.2, 0) is 6.42 Å². The van der Waals surface area contributed by atoms with E-state index in [2.05, 4.69) is 10.2 Å². The molecule has 0 saturated carbocycles. The maximum Gasteiger partial charge on any atom is 0.257 e. The van der Waals surface area contributed by atoms with Crippen LogP contribution in [0.5, 0.6) is 0 Å². The highest BCUT2D eigenvalue weighted by Gasteiger charge is 2.12. The number of hydrogen-bond donors (Lipinski definition) is 1. The van der Waals surface area contributed by atoms with Gasteiger partial charge in [-0.2, -0.15) is 11.8 Å². The normalized spacial score (nSPS) is 15.1. The van der Waals surface area contributed by atoms with Crippen LogP contribution in [0.25, 0.3) is 0 Å². The maximum atomic E-state index is 13.1. The predicted molar refractivity (Wildman–Crippen MR) is 103 cm³/mol. The molecule has 1 N–H and O–H groups in total. The molecule has 2 aromatic carbocycles. The fourth-order valence-corrected chi connectivity index (χ4v) is 3.97. The van der Waals surface area contributed by atoms with E-state index in [0.29, 0.717) is 5.69 Å². The molecule has 2 aromatic rings. The van der Waals surface area contributed by atoms with E-state index in [1.165, 1.54) is 29.2 Å². The molecular formula is C19H20ClFN2OS. The van der Waals surface area contributed by atoms with Crippen molar-refractivity contribution in [2.45, 2.75) is 6.42 Å². The molecule has 0 atom stereocenters. The fraction of sp³-hybridized carbons (Fsp3) is 0.316. The monoisotopic (exact) mass is 378 g/mol. The molecule has 0 bridgehead atoms. The van der Waals surface area contributed by atoms with Crippen molar-refractivity contribution in [1.29, 1.82) is 0 Å². The Hall–Kier alpha value is -1.56. The third-order valence-electron chi connectivity index (χ3n) is 4.21. The lowest BCUT2D eigenvalue weighted by Gasteiger charge is -2.26. The Bertz CT molecular complexity index is 733. The summed E-state index contributed by atoms with van der Waals surface area (Å²) >= 11 is 7.94. The van der Waals surface area contributed by atoms with Crippen LogP contribution in [0.3, 0.4) is 0 Å². The van der Waals surface area contributed by atoms with Crippen molar-refractivity contribution in [2.24, 2.45) is 0 Å². The van der Waals surface area contributed by atoms with Gasteiger partial charge in [-0.25, -0.2) is 4.39 Å². The molecule has 3 rings (SSSR count). The Morgan fingerprint density at radius 2 is 1.88 bits per heavy atom. The molecule has 0 aromatic heterocycles. The Balaban J connectivity index is 1.55. The van der Waals surface area contributed by atoms with Crippen molar-refractivity contribution in [3.8, 4) is 0 Å². The van der Waals surface area contributed by atoms with Crippen LogP contribution in [0.2, 0.25) is 5.02 Å². The Labute approximate surface area is 156 Å². The summed E-state index contributed by atoms with van der Waals surface area (Å²) in [4.78, 5) is 14.7. The van der Waals surface area contributed by atoms with Gasteiger partial charge in [0.15, 0.2) is 0 Å². The molecule has 1 heterocycles. The molecule has 0 radical (unpaired) electrons. The second-order valence-electron chi connectivity index (χ2n) is 5.98. The molecule has 1 saturated heterocycles. The summed E-state index contributed by atoms with van der Waals surface area (Å²) in [6.45, 7) is 3.39. The Morgan fingerprint density at radius 3 is 2.56 bits per heavy atom. The van der Waals surface area contributed by atoms with Gasteiger partial charge in [-0.1, -0.05) is 23.7 Å². The lowest BCUT2D eigenvalue weighted by molar-refractivity contribution is 0.102. The van der Waals surface area contributed by atoms with Crippen molar-refractivity contribution >= 4 is 35.0 Å². The predicted octanol–water partition coefficient (Wildman–Crippen LogP) is 4.32. The van der Waals surface area contributed by atoms with Gasteiger partial charge in [0.2, 0.25) is 0 Å². The van der Waals surface area contributed by atoms with E-state index in [-0.39, 0.29) is 16.5 Å². The number of rotatable bonds is 5. The van der Waals surface area contributed by atoms with Crippen molar-refractivity contribution in [2.75, 3.05) is 36.5 Å². The number of anilines is 1. The molecular weight excluding hydrogens is 359 g/mol. The minimum Gasteiger partial charge on any atom is -0.322 e. The van der Waals surface area contributed by atoms with Gasteiger partial charge >= 0.3 is 0 Å². The van der Waals surface area contributed by atoms with Crippen LogP contribution in [0.4, 0.5) is 10.1 Å². The molecule has 3 nitrogen and oxygen atoms in total. The first-order valence-corrected chi connectivity index (χ1v) is 9.80. The van der Waals surface area contributed by atoms with Crippen LogP contribution in [0.1, 0.15) is 15.9 Å². The smallest absolute Gasteiger partial charge is 0.257 e. The zero-order chi connectivity index (χ0) is 17.6. The number of hydrogen-bond acceptors (Lipinski definition) is 3.